The van der Waals surface area contributed by atoms with Crippen LogP contribution in [-0.4, -0.2) is 31.3 Å². The first-order valence-electron chi connectivity index (χ1n) is 8.30. The van der Waals surface area contributed by atoms with E-state index in [9.17, 15) is 14.8 Å². The highest BCUT2D eigenvalue weighted by molar-refractivity contribution is 6.07. The van der Waals surface area contributed by atoms with E-state index < -0.39 is 11.9 Å². The molecule has 0 bridgehead atoms. The average Bonchev–Trinajstić information content (AvgIpc) is 2.71. The van der Waals surface area contributed by atoms with E-state index in [0.717, 1.165) is 10.8 Å². The van der Waals surface area contributed by atoms with Crippen molar-refractivity contribution in [2.24, 2.45) is 0 Å². The topological polar surface area (TPSA) is 76.1 Å². The minimum atomic E-state index is -0.629. The predicted octanol–water partition coefficient (Wildman–Crippen LogP) is 3.60. The Morgan fingerprint density at radius 2 is 1.78 bits per heavy atom. The lowest BCUT2D eigenvalue weighted by Gasteiger charge is -2.19. The second-order valence-corrected chi connectivity index (χ2v) is 5.91. The maximum absolute atomic E-state index is 12.8. The van der Waals surface area contributed by atoms with Gasteiger partial charge in [-0.15, -0.1) is 0 Å². The number of hydrogen-bond donors (Lipinski definition) is 1. The fraction of sp³-hybridized carbons (Fsp3) is 0.143. The minimum Gasteiger partial charge on any atom is -0.494 e. The molecule has 3 aromatic carbocycles. The number of amides is 1. The Morgan fingerprint density at radius 3 is 2.52 bits per heavy atom. The monoisotopic (exact) mass is 365 g/mol. The molecular weight excluding hydrogens is 346 g/mol. The zero-order valence-corrected chi connectivity index (χ0v) is 15.0. The molecule has 1 N–H and O–H groups in total. The molecule has 0 aliphatic heterocycles. The van der Waals surface area contributed by atoms with Gasteiger partial charge in [-0.05, 0) is 29.1 Å². The summed E-state index contributed by atoms with van der Waals surface area (Å²) < 4.78 is 10.1. The van der Waals surface area contributed by atoms with Crippen LogP contribution in [0.5, 0.6) is 5.75 Å². The lowest BCUT2D eigenvalue weighted by molar-refractivity contribution is -0.139. The Hall–Kier alpha value is -3.38. The first-order chi connectivity index (χ1) is 13.0. The summed E-state index contributed by atoms with van der Waals surface area (Å²) in [5.74, 6) is -0.637. The summed E-state index contributed by atoms with van der Waals surface area (Å²) in [4.78, 5) is 24.2. The number of ether oxygens (including phenoxy) is 2. The van der Waals surface area contributed by atoms with Gasteiger partial charge in [0, 0.05) is 10.9 Å². The van der Waals surface area contributed by atoms with Crippen molar-refractivity contribution >= 4 is 28.3 Å². The molecule has 0 aliphatic carbocycles. The fourth-order valence-electron chi connectivity index (χ4n) is 2.90. The first-order valence-corrected chi connectivity index (χ1v) is 8.30. The highest BCUT2D eigenvalue weighted by Crippen LogP contribution is 2.36. The summed E-state index contributed by atoms with van der Waals surface area (Å²) in [7, 11) is 2.79. The van der Waals surface area contributed by atoms with Crippen LogP contribution in [0.1, 0.15) is 15.9 Å². The van der Waals surface area contributed by atoms with Crippen LogP contribution in [0.3, 0.4) is 0 Å². The molecule has 6 nitrogen and oxygen atoms in total. The molecule has 1 amide bonds. The normalized spacial score (nSPS) is 10.5. The predicted molar refractivity (Wildman–Crippen MR) is 101 cm³/mol. The van der Waals surface area contributed by atoms with Gasteiger partial charge in [0.2, 0.25) is 0 Å². The van der Waals surface area contributed by atoms with Crippen LogP contribution in [0.4, 0.5) is 5.69 Å². The van der Waals surface area contributed by atoms with Gasteiger partial charge < -0.3 is 9.47 Å². The van der Waals surface area contributed by atoms with Crippen molar-refractivity contribution in [2.75, 3.05) is 19.3 Å². The summed E-state index contributed by atoms with van der Waals surface area (Å²) in [6.07, 6.45) is 0.0440. The van der Waals surface area contributed by atoms with Gasteiger partial charge in [0.1, 0.15) is 5.69 Å². The van der Waals surface area contributed by atoms with Gasteiger partial charge in [-0.25, -0.2) is 0 Å². The van der Waals surface area contributed by atoms with Crippen LogP contribution in [0.2, 0.25) is 0 Å². The molecule has 3 aromatic rings. The van der Waals surface area contributed by atoms with Gasteiger partial charge in [-0.2, -0.15) is 5.06 Å². The minimum absolute atomic E-state index is 0.0440. The summed E-state index contributed by atoms with van der Waals surface area (Å²) >= 11 is 0. The van der Waals surface area contributed by atoms with Crippen LogP contribution in [0, 0.1) is 0 Å². The van der Waals surface area contributed by atoms with Gasteiger partial charge in [0.15, 0.2) is 5.75 Å². The van der Waals surface area contributed by atoms with Crippen LogP contribution in [0.15, 0.2) is 60.7 Å². The smallest absolute Gasteiger partial charge is 0.309 e. The summed E-state index contributed by atoms with van der Waals surface area (Å²) in [6.45, 7) is 0. The maximum atomic E-state index is 12.8. The van der Waals surface area contributed by atoms with Gasteiger partial charge in [0.05, 0.1) is 20.6 Å². The highest BCUT2D eigenvalue weighted by Gasteiger charge is 2.21. The Kier molecular flexibility index (Phi) is 5.38. The van der Waals surface area contributed by atoms with Gasteiger partial charge in [0.25, 0.3) is 5.91 Å². The van der Waals surface area contributed by atoms with E-state index in [1.165, 1.54) is 14.2 Å². The largest absolute Gasteiger partial charge is 0.494 e. The van der Waals surface area contributed by atoms with Crippen molar-refractivity contribution in [1.82, 2.24) is 0 Å². The number of anilines is 1. The lowest BCUT2D eigenvalue weighted by atomic mass is 10.1. The van der Waals surface area contributed by atoms with Crippen molar-refractivity contribution in [1.29, 1.82) is 0 Å². The van der Waals surface area contributed by atoms with Crippen LogP contribution >= 0.6 is 0 Å². The van der Waals surface area contributed by atoms with Gasteiger partial charge in [-0.1, -0.05) is 42.5 Å². The highest BCUT2D eigenvalue weighted by atomic mass is 16.5. The van der Waals surface area contributed by atoms with E-state index >= 15 is 0 Å². The number of carbonyl (C=O) groups is 2. The molecule has 0 aliphatic rings. The third-order valence-corrected chi connectivity index (χ3v) is 4.23. The Labute approximate surface area is 156 Å². The number of hydrogen-bond acceptors (Lipinski definition) is 5. The third-order valence-electron chi connectivity index (χ3n) is 4.23. The number of fused-ring (bicyclic) bond motifs is 1. The van der Waals surface area contributed by atoms with E-state index in [0.29, 0.717) is 16.4 Å². The van der Waals surface area contributed by atoms with Gasteiger partial charge >= 0.3 is 5.97 Å². The molecule has 0 fully saturated rings. The summed E-state index contributed by atoms with van der Waals surface area (Å²) in [5, 5.41) is 12.8. The molecule has 0 aromatic heterocycles. The molecule has 0 spiro atoms. The van der Waals surface area contributed by atoms with E-state index in [1.807, 2.05) is 24.3 Å². The molecule has 3 rings (SSSR count). The summed E-state index contributed by atoms with van der Waals surface area (Å²) in [5.41, 5.74) is 1.10. The van der Waals surface area contributed by atoms with Crippen molar-refractivity contribution in [3.63, 3.8) is 0 Å². The van der Waals surface area contributed by atoms with Crippen molar-refractivity contribution in [3.05, 3.63) is 71.8 Å². The molecule has 0 radical (unpaired) electrons. The maximum Gasteiger partial charge on any atom is 0.309 e. The standard InChI is InChI=1S/C21H19NO5/c1-26-19(23)13-14-6-5-8-16(12-14)21(24)22(25)18-11-10-15-7-3-4-9-17(15)20(18)27-2/h3-12,25H,13H2,1-2H3. The number of methoxy groups -OCH3 is 2. The molecule has 0 saturated carbocycles. The molecule has 0 heterocycles. The van der Waals surface area contributed by atoms with Crippen LogP contribution in [0.25, 0.3) is 10.8 Å². The van der Waals surface area contributed by atoms with E-state index in [4.69, 9.17) is 4.74 Å². The molecule has 27 heavy (non-hydrogen) atoms. The number of nitrogens with zero attached hydrogens (tertiary/aromatic N) is 1. The quantitative estimate of drug-likeness (QED) is 0.425. The third kappa shape index (κ3) is 3.75. The molecule has 0 atom stereocenters. The zero-order chi connectivity index (χ0) is 19.4. The van der Waals surface area contributed by atoms with Crippen LogP contribution in [-0.2, 0) is 16.0 Å². The average molecular weight is 365 g/mol. The molecule has 138 valence electrons. The number of benzene rings is 3. The molecule has 6 heteroatoms. The SMILES string of the molecule is COC(=O)Cc1cccc(C(=O)N(O)c2ccc3ccccc3c2OC)c1. The molecule has 0 saturated heterocycles. The van der Waals surface area contributed by atoms with Crippen molar-refractivity contribution in [3.8, 4) is 5.75 Å². The number of carbonyl (C=O) groups excluding carboxylic acids is 2. The molecule has 0 unspecified atom stereocenters. The number of esters is 1. The zero-order valence-electron chi connectivity index (χ0n) is 15.0. The second kappa shape index (κ2) is 7.88. The fourth-order valence-corrected chi connectivity index (χ4v) is 2.90. The Morgan fingerprint density at radius 1 is 1.00 bits per heavy atom. The van der Waals surface area contributed by atoms with Crippen molar-refractivity contribution < 1.29 is 24.3 Å². The lowest BCUT2D eigenvalue weighted by Crippen LogP contribution is -2.27. The second-order valence-electron chi connectivity index (χ2n) is 5.91. The Bertz CT molecular complexity index is 999. The first kappa shape index (κ1) is 18.4. The van der Waals surface area contributed by atoms with Crippen molar-refractivity contribution in [2.45, 2.75) is 6.42 Å². The van der Waals surface area contributed by atoms with E-state index in [1.54, 1.807) is 36.4 Å². The number of rotatable bonds is 5. The van der Waals surface area contributed by atoms with E-state index in [-0.39, 0.29) is 17.7 Å². The Balaban J connectivity index is 1.95. The number of hydroxylamine groups is 1. The van der Waals surface area contributed by atoms with Crippen LogP contribution < -0.4 is 9.80 Å². The summed E-state index contributed by atoms with van der Waals surface area (Å²) in [6, 6.07) is 17.4. The van der Waals surface area contributed by atoms with Gasteiger partial charge in [-0.3, -0.25) is 14.8 Å². The van der Waals surface area contributed by atoms with E-state index in [2.05, 4.69) is 4.74 Å². The molecular formula is C21H19NO5.